The molecule has 0 bridgehead atoms. The first-order valence-electron chi connectivity index (χ1n) is 12.4. The fourth-order valence-corrected chi connectivity index (χ4v) is 5.46. The highest BCUT2D eigenvalue weighted by Gasteiger charge is 2.28. The van der Waals surface area contributed by atoms with E-state index in [0.29, 0.717) is 34.6 Å². The maximum absolute atomic E-state index is 12.6. The number of carbonyl (C=O) groups excluding carboxylic acids is 1. The molecule has 37 heavy (non-hydrogen) atoms. The van der Waals surface area contributed by atoms with E-state index in [9.17, 15) is 4.79 Å². The molecule has 1 N–H and O–H groups in total. The molecule has 2 heterocycles. The summed E-state index contributed by atoms with van der Waals surface area (Å²) in [7, 11) is 0. The Morgan fingerprint density at radius 3 is 2.54 bits per heavy atom. The van der Waals surface area contributed by atoms with Crippen molar-refractivity contribution in [1.29, 1.82) is 0 Å². The van der Waals surface area contributed by atoms with Crippen LogP contribution in [0.25, 0.3) is 0 Å². The SMILES string of the molecule is Cc1nc(CN(Cc2ccc(CNC(=O)c3c(Cl)cccc3Cl)cc2)C2CCCc3cccnc32)co1. The molecular formula is C29H28Cl2N4O2. The van der Waals surface area contributed by atoms with Crippen LogP contribution in [0.15, 0.2) is 71.5 Å². The van der Waals surface area contributed by atoms with E-state index in [2.05, 4.69) is 33.4 Å². The smallest absolute Gasteiger partial charge is 0.254 e. The quantitative estimate of drug-likeness (QED) is 0.272. The molecule has 2 aromatic heterocycles. The van der Waals surface area contributed by atoms with Gasteiger partial charge in [0.25, 0.3) is 5.91 Å². The third kappa shape index (κ3) is 6.04. The van der Waals surface area contributed by atoms with Crippen LogP contribution in [0, 0.1) is 6.92 Å². The molecule has 190 valence electrons. The zero-order valence-corrected chi connectivity index (χ0v) is 22.1. The Morgan fingerprint density at radius 2 is 1.81 bits per heavy atom. The van der Waals surface area contributed by atoms with Gasteiger partial charge in [-0.15, -0.1) is 0 Å². The zero-order valence-electron chi connectivity index (χ0n) is 20.6. The fourth-order valence-electron chi connectivity index (χ4n) is 4.89. The largest absolute Gasteiger partial charge is 0.449 e. The van der Waals surface area contributed by atoms with E-state index in [1.165, 1.54) is 11.1 Å². The van der Waals surface area contributed by atoms with Crippen molar-refractivity contribution in [3.63, 3.8) is 0 Å². The van der Waals surface area contributed by atoms with Crippen molar-refractivity contribution in [2.75, 3.05) is 0 Å². The number of halogens is 2. The topological polar surface area (TPSA) is 71.3 Å². The van der Waals surface area contributed by atoms with E-state index in [0.717, 1.165) is 42.8 Å². The van der Waals surface area contributed by atoms with Gasteiger partial charge in [0, 0.05) is 32.8 Å². The van der Waals surface area contributed by atoms with E-state index in [4.69, 9.17) is 32.6 Å². The number of nitrogens with one attached hydrogen (secondary N) is 1. The summed E-state index contributed by atoms with van der Waals surface area (Å²) in [6, 6.07) is 17.7. The van der Waals surface area contributed by atoms with E-state index >= 15 is 0 Å². The van der Waals surface area contributed by atoms with Gasteiger partial charge in [-0.2, -0.15) is 0 Å². The Labute approximate surface area is 226 Å². The van der Waals surface area contributed by atoms with Crippen molar-refractivity contribution in [2.45, 2.75) is 51.9 Å². The lowest BCUT2D eigenvalue weighted by atomic mass is 9.90. The summed E-state index contributed by atoms with van der Waals surface area (Å²) in [5.41, 5.74) is 5.85. The van der Waals surface area contributed by atoms with E-state index < -0.39 is 0 Å². The average Bonchev–Trinajstić information content (AvgIpc) is 3.32. The van der Waals surface area contributed by atoms with Gasteiger partial charge in [0.15, 0.2) is 5.89 Å². The second-order valence-electron chi connectivity index (χ2n) is 9.31. The fraction of sp³-hybridized carbons (Fsp3) is 0.276. The van der Waals surface area contributed by atoms with Crippen molar-refractivity contribution >= 4 is 29.1 Å². The zero-order chi connectivity index (χ0) is 25.8. The minimum atomic E-state index is -0.294. The number of oxazole rings is 1. The monoisotopic (exact) mass is 534 g/mol. The number of amides is 1. The lowest BCUT2D eigenvalue weighted by Gasteiger charge is -2.34. The van der Waals surface area contributed by atoms with E-state index in [1.807, 2.05) is 31.3 Å². The first-order valence-corrected chi connectivity index (χ1v) is 13.1. The minimum absolute atomic E-state index is 0.210. The van der Waals surface area contributed by atoms with E-state index in [-0.39, 0.29) is 11.9 Å². The Bertz CT molecular complexity index is 1370. The summed E-state index contributed by atoms with van der Waals surface area (Å²) in [5, 5.41) is 3.58. The van der Waals surface area contributed by atoms with Crippen molar-refractivity contribution in [3.8, 4) is 0 Å². The molecule has 5 rings (SSSR count). The normalized spacial score (nSPS) is 15.0. The van der Waals surface area contributed by atoms with E-state index in [1.54, 1.807) is 24.5 Å². The lowest BCUT2D eigenvalue weighted by molar-refractivity contribution is 0.0951. The molecule has 6 nitrogen and oxygen atoms in total. The maximum atomic E-state index is 12.6. The highest BCUT2D eigenvalue weighted by molar-refractivity contribution is 6.39. The van der Waals surface area contributed by atoms with Crippen molar-refractivity contribution in [2.24, 2.45) is 0 Å². The molecule has 0 radical (unpaired) electrons. The lowest BCUT2D eigenvalue weighted by Crippen LogP contribution is -2.31. The van der Waals surface area contributed by atoms with Gasteiger partial charge < -0.3 is 9.73 Å². The average molecular weight is 535 g/mol. The molecule has 0 spiro atoms. The number of hydrogen-bond donors (Lipinski definition) is 1. The van der Waals surface area contributed by atoms with Gasteiger partial charge >= 0.3 is 0 Å². The van der Waals surface area contributed by atoms with Crippen LogP contribution >= 0.6 is 23.2 Å². The predicted molar refractivity (Wildman–Crippen MR) is 144 cm³/mol. The Balaban J connectivity index is 1.30. The van der Waals surface area contributed by atoms with Crippen LogP contribution in [0.2, 0.25) is 10.0 Å². The molecule has 0 fully saturated rings. The van der Waals surface area contributed by atoms with Crippen molar-refractivity contribution in [3.05, 3.63) is 117 Å². The molecule has 4 aromatic rings. The van der Waals surface area contributed by atoms with Gasteiger partial charge in [-0.05, 0) is 54.2 Å². The molecule has 0 saturated carbocycles. The third-order valence-electron chi connectivity index (χ3n) is 6.69. The molecule has 1 amide bonds. The molecular weight excluding hydrogens is 507 g/mol. The number of nitrogens with zero attached hydrogens (tertiary/aromatic N) is 3. The van der Waals surface area contributed by atoms with Gasteiger partial charge in [0.05, 0.1) is 33.0 Å². The number of hydrogen-bond acceptors (Lipinski definition) is 5. The number of fused-ring (bicyclic) bond motifs is 1. The molecule has 0 aliphatic heterocycles. The first-order chi connectivity index (χ1) is 18.0. The number of aromatic nitrogens is 2. The molecule has 1 aliphatic carbocycles. The molecule has 0 saturated heterocycles. The van der Waals surface area contributed by atoms with Gasteiger partial charge in [-0.1, -0.05) is 59.6 Å². The standard InChI is InChI=1S/C29H28Cl2N4O2/c1-19-34-23(18-37-19)17-35(26-9-2-5-22-6-4-14-32-28(22)26)16-21-12-10-20(11-13-21)15-33-29(36)27-24(30)7-3-8-25(27)31/h3-4,6-8,10-14,18,26H,2,5,9,15-17H2,1H3,(H,33,36). The number of carbonyl (C=O) groups is 1. The van der Waals surface area contributed by atoms with Crippen LogP contribution in [0.5, 0.6) is 0 Å². The summed E-state index contributed by atoms with van der Waals surface area (Å²) in [6.45, 7) is 3.66. The highest BCUT2D eigenvalue weighted by atomic mass is 35.5. The van der Waals surface area contributed by atoms with Gasteiger partial charge in [0.1, 0.15) is 6.26 Å². The molecule has 8 heteroatoms. The van der Waals surface area contributed by atoms with Crippen molar-refractivity contribution in [1.82, 2.24) is 20.2 Å². The molecule has 1 aliphatic rings. The number of rotatable bonds is 8. The Hall–Kier alpha value is -3.19. The summed E-state index contributed by atoms with van der Waals surface area (Å²) >= 11 is 12.3. The summed E-state index contributed by atoms with van der Waals surface area (Å²) in [5.74, 6) is 0.374. The number of benzene rings is 2. The number of pyridine rings is 1. The second-order valence-corrected chi connectivity index (χ2v) is 10.1. The van der Waals surface area contributed by atoms with Gasteiger partial charge in [-0.25, -0.2) is 4.98 Å². The minimum Gasteiger partial charge on any atom is -0.449 e. The van der Waals surface area contributed by atoms with Gasteiger partial charge in [-0.3, -0.25) is 14.7 Å². The van der Waals surface area contributed by atoms with Gasteiger partial charge in [0.2, 0.25) is 0 Å². The Kier molecular flexibility index (Phi) is 7.89. The van der Waals surface area contributed by atoms with Crippen LogP contribution in [-0.4, -0.2) is 20.8 Å². The third-order valence-corrected chi connectivity index (χ3v) is 7.32. The summed E-state index contributed by atoms with van der Waals surface area (Å²) < 4.78 is 5.48. The molecule has 2 aromatic carbocycles. The van der Waals surface area contributed by atoms with Crippen LogP contribution in [0.4, 0.5) is 0 Å². The van der Waals surface area contributed by atoms with Crippen LogP contribution in [-0.2, 0) is 26.1 Å². The van der Waals surface area contributed by atoms with Crippen molar-refractivity contribution < 1.29 is 9.21 Å². The second kappa shape index (κ2) is 11.5. The summed E-state index contributed by atoms with van der Waals surface area (Å²) in [6.07, 6.45) is 6.87. The predicted octanol–water partition coefficient (Wildman–Crippen LogP) is 6.69. The molecule has 1 unspecified atom stereocenters. The molecule has 1 atom stereocenters. The summed E-state index contributed by atoms with van der Waals surface area (Å²) in [4.78, 5) is 24.4. The maximum Gasteiger partial charge on any atom is 0.254 e. The number of aryl methyl sites for hydroxylation is 2. The highest BCUT2D eigenvalue weighted by Crippen LogP contribution is 2.34. The van der Waals surface area contributed by atoms with Crippen LogP contribution < -0.4 is 5.32 Å². The first kappa shape index (κ1) is 25.5. The van der Waals surface area contributed by atoms with Crippen LogP contribution in [0.3, 0.4) is 0 Å². The van der Waals surface area contributed by atoms with Crippen LogP contribution in [0.1, 0.15) is 63.2 Å². The Morgan fingerprint density at radius 1 is 1.05 bits per heavy atom.